The molecule has 1 aliphatic rings. The van der Waals surface area contributed by atoms with Crippen molar-refractivity contribution in [2.75, 3.05) is 0 Å². The van der Waals surface area contributed by atoms with Crippen LogP contribution in [0.4, 0.5) is 0 Å². The molecule has 1 aromatic rings. The smallest absolute Gasteiger partial charge is 0.0112 e. The lowest BCUT2D eigenvalue weighted by atomic mass is 9.65. The van der Waals surface area contributed by atoms with E-state index in [4.69, 9.17) is 0 Å². The van der Waals surface area contributed by atoms with Crippen LogP contribution >= 0.6 is 0 Å². The molecular formula is C16H20. The van der Waals surface area contributed by atoms with Gasteiger partial charge in [-0.1, -0.05) is 68.0 Å². The van der Waals surface area contributed by atoms with Gasteiger partial charge in [0.2, 0.25) is 0 Å². The van der Waals surface area contributed by atoms with Gasteiger partial charge in [-0.2, -0.15) is 0 Å². The number of hydrogen-bond acceptors (Lipinski definition) is 0. The molecule has 2 rings (SSSR count). The Morgan fingerprint density at radius 3 is 2.50 bits per heavy atom. The van der Waals surface area contributed by atoms with Gasteiger partial charge in [0, 0.05) is 5.92 Å². The van der Waals surface area contributed by atoms with Crippen LogP contribution in [0.15, 0.2) is 54.1 Å². The highest BCUT2D eigenvalue weighted by molar-refractivity contribution is 5.37. The molecule has 2 unspecified atom stereocenters. The summed E-state index contributed by atoms with van der Waals surface area (Å²) in [6.45, 7) is 6.91. The maximum atomic E-state index is 2.38. The maximum absolute atomic E-state index is 2.38. The van der Waals surface area contributed by atoms with Gasteiger partial charge in [-0.15, -0.1) is 0 Å². The first-order valence-corrected chi connectivity index (χ1v) is 6.09. The molecular weight excluding hydrogens is 192 g/mol. The molecule has 0 aliphatic heterocycles. The molecule has 0 aromatic heterocycles. The van der Waals surface area contributed by atoms with Gasteiger partial charge >= 0.3 is 0 Å². The summed E-state index contributed by atoms with van der Waals surface area (Å²) in [6, 6.07) is 10.8. The predicted molar refractivity (Wildman–Crippen MR) is 70.5 cm³/mol. The van der Waals surface area contributed by atoms with Crippen LogP contribution in [0, 0.1) is 5.41 Å². The van der Waals surface area contributed by atoms with Crippen molar-refractivity contribution in [3.05, 3.63) is 59.7 Å². The number of hydrogen-bond donors (Lipinski definition) is 0. The Morgan fingerprint density at radius 2 is 1.88 bits per heavy atom. The van der Waals surface area contributed by atoms with Gasteiger partial charge in [-0.25, -0.2) is 0 Å². The molecule has 0 saturated heterocycles. The van der Waals surface area contributed by atoms with Gasteiger partial charge in [-0.05, 0) is 24.3 Å². The van der Waals surface area contributed by atoms with Crippen molar-refractivity contribution >= 4 is 0 Å². The molecule has 0 fully saturated rings. The summed E-state index contributed by atoms with van der Waals surface area (Å²) in [5.74, 6) is 0.517. The lowest BCUT2D eigenvalue weighted by Crippen LogP contribution is -2.26. The first kappa shape index (κ1) is 11.2. The molecule has 1 aromatic carbocycles. The second-order valence-electron chi connectivity index (χ2n) is 4.89. The second-order valence-corrected chi connectivity index (χ2v) is 4.89. The highest BCUT2D eigenvalue weighted by Gasteiger charge is 2.34. The quantitative estimate of drug-likeness (QED) is 0.666. The van der Waals surface area contributed by atoms with E-state index < -0.39 is 0 Å². The van der Waals surface area contributed by atoms with Gasteiger partial charge in [0.05, 0.1) is 0 Å². The molecule has 16 heavy (non-hydrogen) atoms. The van der Waals surface area contributed by atoms with E-state index >= 15 is 0 Å². The zero-order valence-corrected chi connectivity index (χ0v) is 10.4. The first-order chi connectivity index (χ1) is 7.68. The summed E-state index contributed by atoms with van der Waals surface area (Å²) >= 11 is 0. The van der Waals surface area contributed by atoms with E-state index in [0.29, 0.717) is 5.92 Å². The van der Waals surface area contributed by atoms with Crippen molar-refractivity contribution in [1.29, 1.82) is 0 Å². The van der Waals surface area contributed by atoms with E-state index in [2.05, 4.69) is 69.3 Å². The average molecular weight is 212 g/mol. The molecule has 0 nitrogen and oxygen atoms in total. The number of allylic oxidation sites excluding steroid dienone is 4. The Balaban J connectivity index is 2.42. The third kappa shape index (κ3) is 1.73. The highest BCUT2D eigenvalue weighted by Crippen LogP contribution is 2.47. The predicted octanol–water partition coefficient (Wildman–Crippen LogP) is 4.70. The lowest BCUT2D eigenvalue weighted by molar-refractivity contribution is 0.336. The zero-order chi connectivity index (χ0) is 11.6. The Kier molecular flexibility index (Phi) is 3.00. The Hall–Kier alpha value is -1.30. The molecule has 0 heteroatoms. The fourth-order valence-corrected chi connectivity index (χ4v) is 2.60. The van der Waals surface area contributed by atoms with Gasteiger partial charge < -0.3 is 0 Å². The summed E-state index contributed by atoms with van der Waals surface area (Å²) in [6.07, 6.45) is 7.97. The van der Waals surface area contributed by atoms with E-state index in [0.717, 1.165) is 0 Å². The molecule has 0 amide bonds. The van der Waals surface area contributed by atoms with E-state index in [1.165, 1.54) is 17.6 Å². The Labute approximate surface area is 98.7 Å². The fraction of sp³-hybridized carbons (Fsp3) is 0.375. The summed E-state index contributed by atoms with van der Waals surface area (Å²) in [5.41, 5.74) is 3.19. The molecule has 0 spiro atoms. The summed E-state index contributed by atoms with van der Waals surface area (Å²) in [5, 5.41) is 0. The average Bonchev–Trinajstić information content (AvgIpc) is 2.34. The summed E-state index contributed by atoms with van der Waals surface area (Å²) in [4.78, 5) is 0. The maximum Gasteiger partial charge on any atom is 0.0112 e. The van der Waals surface area contributed by atoms with Crippen molar-refractivity contribution in [3.63, 3.8) is 0 Å². The third-order valence-corrected chi connectivity index (χ3v) is 4.13. The molecule has 0 radical (unpaired) electrons. The van der Waals surface area contributed by atoms with Crippen molar-refractivity contribution in [2.24, 2.45) is 5.41 Å². The summed E-state index contributed by atoms with van der Waals surface area (Å²) < 4.78 is 0. The van der Waals surface area contributed by atoms with Gasteiger partial charge in [0.15, 0.2) is 0 Å². The molecule has 0 N–H and O–H groups in total. The normalized spacial score (nSPS) is 28.9. The van der Waals surface area contributed by atoms with Crippen LogP contribution in [0.25, 0.3) is 0 Å². The van der Waals surface area contributed by atoms with Crippen molar-refractivity contribution in [1.82, 2.24) is 0 Å². The van der Waals surface area contributed by atoms with Crippen LogP contribution in [0.1, 0.15) is 38.7 Å². The van der Waals surface area contributed by atoms with Crippen LogP contribution in [0.5, 0.6) is 0 Å². The SMILES string of the molecule is CCC1(C)C(C)=CC=CC1c1ccccc1. The Morgan fingerprint density at radius 1 is 1.19 bits per heavy atom. The molecule has 0 saturated carbocycles. The lowest BCUT2D eigenvalue weighted by Gasteiger charge is -2.39. The minimum Gasteiger partial charge on any atom is -0.0761 e. The van der Waals surface area contributed by atoms with Crippen molar-refractivity contribution < 1.29 is 0 Å². The van der Waals surface area contributed by atoms with Gasteiger partial charge in [0.1, 0.15) is 0 Å². The van der Waals surface area contributed by atoms with Crippen molar-refractivity contribution in [3.8, 4) is 0 Å². The van der Waals surface area contributed by atoms with Gasteiger partial charge in [0.25, 0.3) is 0 Å². The highest BCUT2D eigenvalue weighted by atomic mass is 14.4. The molecule has 0 heterocycles. The van der Waals surface area contributed by atoms with E-state index in [9.17, 15) is 0 Å². The standard InChI is InChI=1S/C16H20/c1-4-16(3)13(2)9-8-12-15(16)14-10-6-5-7-11-14/h5-12,15H,4H2,1-3H3. The topological polar surface area (TPSA) is 0 Å². The minimum absolute atomic E-state index is 0.274. The van der Waals surface area contributed by atoms with Gasteiger partial charge in [-0.3, -0.25) is 0 Å². The fourth-order valence-electron chi connectivity index (χ4n) is 2.60. The van der Waals surface area contributed by atoms with Crippen LogP contribution in [-0.2, 0) is 0 Å². The number of rotatable bonds is 2. The van der Waals surface area contributed by atoms with E-state index in [-0.39, 0.29) is 5.41 Å². The van der Waals surface area contributed by atoms with Crippen LogP contribution in [-0.4, -0.2) is 0 Å². The monoisotopic (exact) mass is 212 g/mol. The second kappa shape index (κ2) is 4.29. The van der Waals surface area contributed by atoms with E-state index in [1.807, 2.05) is 0 Å². The third-order valence-electron chi connectivity index (χ3n) is 4.13. The van der Waals surface area contributed by atoms with Crippen molar-refractivity contribution in [2.45, 2.75) is 33.1 Å². The number of benzene rings is 1. The first-order valence-electron chi connectivity index (χ1n) is 6.09. The molecule has 0 bridgehead atoms. The minimum atomic E-state index is 0.274. The van der Waals surface area contributed by atoms with Crippen LogP contribution in [0.3, 0.4) is 0 Å². The van der Waals surface area contributed by atoms with E-state index in [1.54, 1.807) is 0 Å². The largest absolute Gasteiger partial charge is 0.0761 e. The molecule has 2 atom stereocenters. The Bertz CT molecular complexity index is 411. The molecule has 84 valence electrons. The molecule has 1 aliphatic carbocycles. The summed E-state index contributed by atoms with van der Waals surface area (Å²) in [7, 11) is 0. The zero-order valence-electron chi connectivity index (χ0n) is 10.4. The van der Waals surface area contributed by atoms with Crippen LogP contribution in [0.2, 0.25) is 0 Å². The van der Waals surface area contributed by atoms with Crippen LogP contribution < -0.4 is 0 Å².